The molecule has 1 rings (SSSR count). The van der Waals surface area contributed by atoms with Crippen LogP contribution < -0.4 is 5.32 Å². The van der Waals surface area contributed by atoms with E-state index >= 15 is 0 Å². The van der Waals surface area contributed by atoms with Gasteiger partial charge in [-0.05, 0) is 24.7 Å². The summed E-state index contributed by atoms with van der Waals surface area (Å²) in [4.78, 5) is 22.2. The normalized spacial score (nSPS) is 23.3. The van der Waals surface area contributed by atoms with Crippen LogP contribution in [0.15, 0.2) is 0 Å². The van der Waals surface area contributed by atoms with Crippen molar-refractivity contribution < 1.29 is 14.3 Å². The summed E-state index contributed by atoms with van der Waals surface area (Å²) in [5.74, 6) is 0.806. The number of esters is 1. The molecule has 0 saturated heterocycles. The van der Waals surface area contributed by atoms with Gasteiger partial charge in [-0.1, -0.05) is 13.8 Å². The van der Waals surface area contributed by atoms with Gasteiger partial charge in [0.1, 0.15) is 6.54 Å². The fourth-order valence-electron chi connectivity index (χ4n) is 1.37. The average Bonchev–Trinajstić information content (AvgIpc) is 2.89. The SMILES string of the molecule is CCCC(=O)NCC(=O)OC[C@@H]1C[C@H]1C. The molecule has 1 aliphatic carbocycles. The van der Waals surface area contributed by atoms with Crippen LogP contribution in [0.25, 0.3) is 0 Å². The molecule has 15 heavy (non-hydrogen) atoms. The van der Waals surface area contributed by atoms with Gasteiger partial charge in [0.25, 0.3) is 0 Å². The molecule has 2 atom stereocenters. The van der Waals surface area contributed by atoms with Crippen molar-refractivity contribution >= 4 is 11.9 Å². The van der Waals surface area contributed by atoms with Crippen LogP contribution in [0.1, 0.15) is 33.1 Å². The predicted molar refractivity (Wildman–Crippen MR) is 56.1 cm³/mol. The molecule has 4 nitrogen and oxygen atoms in total. The number of rotatable bonds is 6. The van der Waals surface area contributed by atoms with Crippen LogP contribution in [-0.4, -0.2) is 25.0 Å². The van der Waals surface area contributed by atoms with Crippen molar-refractivity contribution in [3.8, 4) is 0 Å². The van der Waals surface area contributed by atoms with Crippen LogP contribution in [-0.2, 0) is 14.3 Å². The van der Waals surface area contributed by atoms with E-state index in [0.29, 0.717) is 24.9 Å². The first-order valence-electron chi connectivity index (χ1n) is 5.55. The third-order valence-corrected chi connectivity index (χ3v) is 2.64. The first-order valence-corrected chi connectivity index (χ1v) is 5.55. The molecule has 0 spiro atoms. The third-order valence-electron chi connectivity index (χ3n) is 2.64. The zero-order chi connectivity index (χ0) is 11.3. The Balaban J connectivity index is 2.00. The average molecular weight is 213 g/mol. The van der Waals surface area contributed by atoms with E-state index in [-0.39, 0.29) is 18.4 Å². The predicted octanol–water partition coefficient (Wildman–Crippen LogP) is 1.10. The highest BCUT2D eigenvalue weighted by Crippen LogP contribution is 2.37. The van der Waals surface area contributed by atoms with Gasteiger partial charge in [-0.25, -0.2) is 0 Å². The van der Waals surface area contributed by atoms with E-state index in [0.717, 1.165) is 12.8 Å². The molecule has 0 aromatic heterocycles. The highest BCUT2D eigenvalue weighted by atomic mass is 16.5. The molecule has 0 radical (unpaired) electrons. The molecule has 0 aromatic rings. The Morgan fingerprint density at radius 1 is 1.47 bits per heavy atom. The van der Waals surface area contributed by atoms with Gasteiger partial charge in [-0.3, -0.25) is 9.59 Å². The Hall–Kier alpha value is -1.06. The van der Waals surface area contributed by atoms with Gasteiger partial charge in [-0.15, -0.1) is 0 Å². The zero-order valence-electron chi connectivity index (χ0n) is 9.41. The van der Waals surface area contributed by atoms with Gasteiger partial charge in [0.05, 0.1) is 6.61 Å². The van der Waals surface area contributed by atoms with Gasteiger partial charge in [-0.2, -0.15) is 0 Å². The van der Waals surface area contributed by atoms with Gasteiger partial charge in [0.2, 0.25) is 5.91 Å². The molecule has 0 aromatic carbocycles. The summed E-state index contributed by atoms with van der Waals surface area (Å²) in [6.45, 7) is 4.57. The molecule has 1 saturated carbocycles. The van der Waals surface area contributed by atoms with E-state index in [9.17, 15) is 9.59 Å². The minimum atomic E-state index is -0.335. The van der Waals surface area contributed by atoms with Crippen LogP contribution in [0.3, 0.4) is 0 Å². The van der Waals surface area contributed by atoms with E-state index in [2.05, 4.69) is 12.2 Å². The number of carbonyl (C=O) groups excluding carboxylic acids is 2. The number of hydrogen-bond donors (Lipinski definition) is 1. The molecule has 0 unspecified atom stereocenters. The first-order chi connectivity index (χ1) is 7.13. The molecular weight excluding hydrogens is 194 g/mol. The van der Waals surface area contributed by atoms with E-state index in [1.807, 2.05) is 6.92 Å². The van der Waals surface area contributed by atoms with Crippen molar-refractivity contribution in [1.82, 2.24) is 5.32 Å². The van der Waals surface area contributed by atoms with Gasteiger partial charge < -0.3 is 10.1 Å². The molecular formula is C11H19NO3. The molecule has 86 valence electrons. The largest absolute Gasteiger partial charge is 0.464 e. The number of amides is 1. The highest BCUT2D eigenvalue weighted by molar-refractivity contribution is 5.81. The van der Waals surface area contributed by atoms with Crippen molar-refractivity contribution in [3.63, 3.8) is 0 Å². The summed E-state index contributed by atoms with van der Waals surface area (Å²) in [6, 6.07) is 0. The Morgan fingerprint density at radius 3 is 2.67 bits per heavy atom. The lowest BCUT2D eigenvalue weighted by Crippen LogP contribution is -2.30. The molecule has 1 amide bonds. The Bertz CT molecular complexity index is 240. The Morgan fingerprint density at radius 2 is 2.13 bits per heavy atom. The fraction of sp³-hybridized carbons (Fsp3) is 0.818. The van der Waals surface area contributed by atoms with E-state index in [1.165, 1.54) is 0 Å². The summed E-state index contributed by atoms with van der Waals surface area (Å²) in [6.07, 6.45) is 2.41. The summed E-state index contributed by atoms with van der Waals surface area (Å²) < 4.78 is 5.01. The molecule has 0 heterocycles. The monoisotopic (exact) mass is 213 g/mol. The second-order valence-corrected chi connectivity index (χ2v) is 4.18. The number of carbonyl (C=O) groups is 2. The van der Waals surface area contributed by atoms with Gasteiger partial charge >= 0.3 is 5.97 Å². The lowest BCUT2D eigenvalue weighted by Gasteiger charge is -2.05. The highest BCUT2D eigenvalue weighted by Gasteiger charge is 2.33. The zero-order valence-corrected chi connectivity index (χ0v) is 9.41. The first kappa shape index (κ1) is 12.0. The lowest BCUT2D eigenvalue weighted by molar-refractivity contribution is -0.144. The van der Waals surface area contributed by atoms with Gasteiger partial charge in [0, 0.05) is 6.42 Å². The van der Waals surface area contributed by atoms with Crippen molar-refractivity contribution in [2.45, 2.75) is 33.1 Å². The molecule has 0 aliphatic heterocycles. The summed E-state index contributed by atoms with van der Waals surface area (Å²) in [5, 5.41) is 2.53. The molecule has 1 N–H and O–H groups in total. The number of hydrogen-bond acceptors (Lipinski definition) is 3. The van der Waals surface area contributed by atoms with Crippen molar-refractivity contribution in [1.29, 1.82) is 0 Å². The standard InChI is InChI=1S/C11H19NO3/c1-3-4-10(13)12-6-11(14)15-7-9-5-8(9)2/h8-9H,3-7H2,1-2H3,(H,12,13)/t8-,9+/m1/s1. The minimum absolute atomic E-state index is 0.0000652. The number of ether oxygens (including phenoxy) is 1. The molecule has 4 heteroatoms. The van der Waals surface area contributed by atoms with Crippen LogP contribution in [0, 0.1) is 11.8 Å². The molecule has 0 bridgehead atoms. The summed E-state index contributed by atoms with van der Waals surface area (Å²) >= 11 is 0. The van der Waals surface area contributed by atoms with Crippen molar-refractivity contribution in [3.05, 3.63) is 0 Å². The minimum Gasteiger partial charge on any atom is -0.464 e. The smallest absolute Gasteiger partial charge is 0.325 e. The maximum absolute atomic E-state index is 11.2. The van der Waals surface area contributed by atoms with Crippen LogP contribution in [0.2, 0.25) is 0 Å². The Kier molecular flexibility index (Phi) is 4.59. The second kappa shape index (κ2) is 5.73. The van der Waals surface area contributed by atoms with Crippen molar-refractivity contribution in [2.24, 2.45) is 11.8 Å². The third kappa shape index (κ3) is 4.81. The van der Waals surface area contributed by atoms with Crippen molar-refractivity contribution in [2.75, 3.05) is 13.2 Å². The summed E-state index contributed by atoms with van der Waals surface area (Å²) in [5.41, 5.74) is 0. The van der Waals surface area contributed by atoms with Crippen LogP contribution >= 0.6 is 0 Å². The quantitative estimate of drug-likeness (QED) is 0.672. The second-order valence-electron chi connectivity index (χ2n) is 4.18. The Labute approximate surface area is 90.4 Å². The number of nitrogens with one attached hydrogen (secondary N) is 1. The van der Waals surface area contributed by atoms with E-state index in [4.69, 9.17) is 4.74 Å². The fourth-order valence-corrected chi connectivity index (χ4v) is 1.37. The van der Waals surface area contributed by atoms with Crippen LogP contribution in [0.5, 0.6) is 0 Å². The lowest BCUT2D eigenvalue weighted by atomic mass is 10.3. The maximum atomic E-state index is 11.2. The maximum Gasteiger partial charge on any atom is 0.325 e. The summed E-state index contributed by atoms with van der Waals surface area (Å²) in [7, 11) is 0. The van der Waals surface area contributed by atoms with E-state index in [1.54, 1.807) is 0 Å². The topological polar surface area (TPSA) is 55.4 Å². The van der Waals surface area contributed by atoms with Gasteiger partial charge in [0.15, 0.2) is 0 Å². The molecule has 1 aliphatic rings. The molecule has 1 fully saturated rings. The van der Waals surface area contributed by atoms with Crippen LogP contribution in [0.4, 0.5) is 0 Å². The van der Waals surface area contributed by atoms with E-state index < -0.39 is 0 Å².